The van der Waals surface area contributed by atoms with Gasteiger partial charge in [-0.25, -0.2) is 4.79 Å². The lowest BCUT2D eigenvalue weighted by molar-refractivity contribution is -0.117. The average molecular weight is 361 g/mol. The predicted octanol–water partition coefficient (Wildman–Crippen LogP) is 4.00. The van der Waals surface area contributed by atoms with Gasteiger partial charge in [0.2, 0.25) is 0 Å². The van der Waals surface area contributed by atoms with Crippen molar-refractivity contribution in [1.29, 1.82) is 0 Å². The topological polar surface area (TPSA) is 52.2 Å². The van der Waals surface area contributed by atoms with Crippen molar-refractivity contribution in [2.24, 2.45) is 13.0 Å². The molecule has 1 aromatic heterocycles. The van der Waals surface area contributed by atoms with Crippen LogP contribution in [-0.4, -0.2) is 10.4 Å². The SMILES string of the molecule is CC(=O)CC(C)Cc1ccc(C#Cc2cc(C)c3c(c2)oc(=O)n3C)cc1. The van der Waals surface area contributed by atoms with Gasteiger partial charge in [0.15, 0.2) is 5.58 Å². The monoisotopic (exact) mass is 361 g/mol. The molecule has 3 aromatic rings. The van der Waals surface area contributed by atoms with Gasteiger partial charge in [-0.15, -0.1) is 0 Å². The van der Waals surface area contributed by atoms with Gasteiger partial charge in [-0.05, 0) is 61.6 Å². The van der Waals surface area contributed by atoms with Gasteiger partial charge >= 0.3 is 5.76 Å². The molecule has 0 saturated carbocycles. The van der Waals surface area contributed by atoms with Crippen LogP contribution in [0.2, 0.25) is 0 Å². The summed E-state index contributed by atoms with van der Waals surface area (Å²) in [5, 5.41) is 0. The van der Waals surface area contributed by atoms with Crippen molar-refractivity contribution in [3.05, 3.63) is 69.2 Å². The van der Waals surface area contributed by atoms with Crippen molar-refractivity contribution in [2.75, 3.05) is 0 Å². The molecule has 27 heavy (non-hydrogen) atoms. The van der Waals surface area contributed by atoms with Gasteiger partial charge in [-0.1, -0.05) is 30.9 Å². The summed E-state index contributed by atoms with van der Waals surface area (Å²) >= 11 is 0. The smallest absolute Gasteiger partial charge is 0.408 e. The summed E-state index contributed by atoms with van der Waals surface area (Å²) in [6.07, 6.45) is 1.50. The van der Waals surface area contributed by atoms with Crippen LogP contribution in [0.1, 0.15) is 42.5 Å². The number of hydrogen-bond acceptors (Lipinski definition) is 3. The summed E-state index contributed by atoms with van der Waals surface area (Å²) in [7, 11) is 1.70. The molecule has 0 aliphatic carbocycles. The molecule has 0 N–H and O–H groups in total. The zero-order valence-corrected chi connectivity index (χ0v) is 16.1. The molecular weight excluding hydrogens is 338 g/mol. The lowest BCUT2D eigenvalue weighted by atomic mass is 9.96. The Morgan fingerprint density at radius 3 is 2.48 bits per heavy atom. The number of benzene rings is 2. The molecule has 2 aromatic carbocycles. The Hall–Kier alpha value is -3.06. The first-order chi connectivity index (χ1) is 12.8. The maximum atomic E-state index is 11.7. The normalized spacial score (nSPS) is 11.9. The zero-order valence-electron chi connectivity index (χ0n) is 16.1. The molecule has 0 amide bonds. The molecule has 4 nitrogen and oxygen atoms in total. The van der Waals surface area contributed by atoms with Crippen molar-refractivity contribution in [3.63, 3.8) is 0 Å². The Kier molecular flexibility index (Phi) is 5.32. The van der Waals surface area contributed by atoms with Crippen LogP contribution in [0.25, 0.3) is 11.1 Å². The Bertz CT molecular complexity index is 1100. The first-order valence-corrected chi connectivity index (χ1v) is 9.04. The molecule has 3 rings (SSSR count). The van der Waals surface area contributed by atoms with Crippen LogP contribution in [0.4, 0.5) is 0 Å². The van der Waals surface area contributed by atoms with Gasteiger partial charge < -0.3 is 9.21 Å². The molecule has 0 saturated heterocycles. The Balaban J connectivity index is 1.79. The van der Waals surface area contributed by atoms with Gasteiger partial charge in [0.05, 0.1) is 5.52 Å². The number of aryl methyl sites for hydroxylation is 2. The number of carbonyl (C=O) groups is 1. The van der Waals surface area contributed by atoms with E-state index in [4.69, 9.17) is 4.42 Å². The summed E-state index contributed by atoms with van der Waals surface area (Å²) in [5.41, 5.74) is 5.26. The van der Waals surface area contributed by atoms with E-state index < -0.39 is 0 Å². The molecule has 1 unspecified atom stereocenters. The van der Waals surface area contributed by atoms with Crippen LogP contribution in [0.15, 0.2) is 45.6 Å². The van der Waals surface area contributed by atoms with Crippen LogP contribution < -0.4 is 5.76 Å². The van der Waals surface area contributed by atoms with Crippen molar-refractivity contribution in [2.45, 2.75) is 33.6 Å². The third kappa shape index (κ3) is 4.38. The number of hydrogen-bond donors (Lipinski definition) is 0. The molecule has 0 spiro atoms. The lowest BCUT2D eigenvalue weighted by Crippen LogP contribution is -2.08. The largest absolute Gasteiger partial charge is 0.419 e. The van der Waals surface area contributed by atoms with E-state index in [2.05, 4.69) is 30.9 Å². The van der Waals surface area contributed by atoms with Crippen molar-refractivity contribution >= 4 is 16.9 Å². The number of rotatable bonds is 4. The van der Waals surface area contributed by atoms with E-state index in [0.717, 1.165) is 28.6 Å². The van der Waals surface area contributed by atoms with E-state index in [9.17, 15) is 9.59 Å². The maximum absolute atomic E-state index is 11.7. The van der Waals surface area contributed by atoms with E-state index in [1.54, 1.807) is 20.0 Å². The Morgan fingerprint density at radius 1 is 1.15 bits per heavy atom. The average Bonchev–Trinajstić information content (AvgIpc) is 2.88. The number of aromatic nitrogens is 1. The number of Topliss-reactive ketones (excluding diaryl/α,β-unsaturated/α-hetero) is 1. The van der Waals surface area contributed by atoms with Crippen molar-refractivity contribution in [1.82, 2.24) is 4.57 Å². The third-order valence-electron chi connectivity index (χ3n) is 4.60. The van der Waals surface area contributed by atoms with E-state index >= 15 is 0 Å². The minimum absolute atomic E-state index is 0.228. The fourth-order valence-corrected chi connectivity index (χ4v) is 3.41. The van der Waals surface area contributed by atoms with Crippen LogP contribution in [-0.2, 0) is 18.3 Å². The van der Waals surface area contributed by atoms with E-state index in [-0.39, 0.29) is 11.5 Å². The van der Waals surface area contributed by atoms with Gasteiger partial charge in [0.25, 0.3) is 0 Å². The first-order valence-electron chi connectivity index (χ1n) is 9.04. The number of ketones is 1. The molecule has 138 valence electrons. The Labute approximate surface area is 158 Å². The summed E-state index contributed by atoms with van der Waals surface area (Å²) in [6, 6.07) is 11.9. The van der Waals surface area contributed by atoms with Gasteiger partial charge in [-0.2, -0.15) is 0 Å². The van der Waals surface area contributed by atoms with Crippen molar-refractivity contribution in [3.8, 4) is 11.8 Å². The highest BCUT2D eigenvalue weighted by molar-refractivity contribution is 5.79. The second kappa shape index (κ2) is 7.67. The van der Waals surface area contributed by atoms with Crippen LogP contribution in [0.3, 0.4) is 0 Å². The molecule has 4 heteroatoms. The predicted molar refractivity (Wildman–Crippen MR) is 107 cm³/mol. The summed E-state index contributed by atoms with van der Waals surface area (Å²) in [5.74, 6) is 6.50. The van der Waals surface area contributed by atoms with E-state index in [0.29, 0.717) is 17.9 Å². The highest BCUT2D eigenvalue weighted by atomic mass is 16.4. The van der Waals surface area contributed by atoms with E-state index in [1.165, 1.54) is 10.1 Å². The number of nitrogens with zero attached hydrogens (tertiary/aromatic N) is 1. The number of fused-ring (bicyclic) bond motifs is 1. The third-order valence-corrected chi connectivity index (χ3v) is 4.60. The molecule has 0 radical (unpaired) electrons. The van der Waals surface area contributed by atoms with Crippen molar-refractivity contribution < 1.29 is 9.21 Å². The van der Waals surface area contributed by atoms with Gasteiger partial charge in [0.1, 0.15) is 5.78 Å². The second-order valence-corrected chi connectivity index (χ2v) is 7.23. The molecular formula is C23H23NO3. The highest BCUT2D eigenvalue weighted by Crippen LogP contribution is 2.19. The van der Waals surface area contributed by atoms with E-state index in [1.807, 2.05) is 25.1 Å². The zero-order chi connectivity index (χ0) is 19.6. The molecule has 1 atom stereocenters. The molecule has 0 aliphatic heterocycles. The highest BCUT2D eigenvalue weighted by Gasteiger charge is 2.09. The van der Waals surface area contributed by atoms with Gasteiger partial charge in [-0.3, -0.25) is 4.57 Å². The van der Waals surface area contributed by atoms with Crippen LogP contribution in [0, 0.1) is 24.7 Å². The Morgan fingerprint density at radius 2 is 1.81 bits per heavy atom. The van der Waals surface area contributed by atoms with Crippen LogP contribution >= 0.6 is 0 Å². The second-order valence-electron chi connectivity index (χ2n) is 7.23. The van der Waals surface area contributed by atoms with Gasteiger partial charge in [0, 0.05) is 24.6 Å². The number of carbonyl (C=O) groups excluding carboxylic acids is 1. The lowest BCUT2D eigenvalue weighted by Gasteiger charge is -2.09. The quantitative estimate of drug-likeness (QED) is 0.660. The first kappa shape index (κ1) is 18.7. The molecule has 1 heterocycles. The molecule has 0 aliphatic rings. The van der Waals surface area contributed by atoms with Crippen LogP contribution in [0.5, 0.6) is 0 Å². The number of oxazole rings is 1. The summed E-state index contributed by atoms with van der Waals surface area (Å²) < 4.78 is 6.78. The minimum atomic E-state index is -0.368. The molecule has 0 bridgehead atoms. The standard InChI is InChI=1S/C23H23NO3/c1-15(11-17(3)25)12-19-8-5-18(6-9-19)7-10-20-13-16(2)22-21(14-20)27-23(26)24(22)4/h5-6,8-9,13-15H,11-12H2,1-4H3. The summed E-state index contributed by atoms with van der Waals surface area (Å²) in [6.45, 7) is 5.67. The molecule has 0 fully saturated rings. The fraction of sp³-hybridized carbons (Fsp3) is 0.304. The summed E-state index contributed by atoms with van der Waals surface area (Å²) in [4.78, 5) is 22.9. The fourth-order valence-electron chi connectivity index (χ4n) is 3.41. The minimum Gasteiger partial charge on any atom is -0.408 e. The maximum Gasteiger partial charge on any atom is 0.419 e.